The molecule has 2 atom stereocenters. The van der Waals surface area contributed by atoms with E-state index < -0.39 is 24.3 Å². The molecule has 0 saturated carbocycles. The number of carbonyl (C=O) groups excluding carboxylic acids is 1. The van der Waals surface area contributed by atoms with Crippen molar-refractivity contribution >= 4 is 5.97 Å². The van der Waals surface area contributed by atoms with Gasteiger partial charge >= 0.3 is 12.1 Å². The van der Waals surface area contributed by atoms with Gasteiger partial charge in [-0.2, -0.15) is 13.2 Å². The number of esters is 1. The average molecular weight is 215 g/mol. The molecule has 0 bridgehead atoms. The molecule has 7 heteroatoms. The van der Waals surface area contributed by atoms with Gasteiger partial charge < -0.3 is 15.2 Å². The molecular weight excluding hydrogens is 203 g/mol. The Bertz CT molecular complexity index is 195. The van der Waals surface area contributed by atoms with Crippen molar-refractivity contribution in [1.82, 2.24) is 0 Å². The van der Waals surface area contributed by atoms with Crippen molar-refractivity contribution in [3.63, 3.8) is 0 Å². The van der Waals surface area contributed by atoms with Crippen LogP contribution in [0.4, 0.5) is 13.2 Å². The second-order valence-corrected chi connectivity index (χ2v) is 2.47. The number of hydrogen-bond donors (Lipinski definition) is 1. The number of alkyl halides is 3. The Morgan fingerprint density at radius 1 is 1.50 bits per heavy atom. The largest absolute Gasteiger partial charge is 0.467 e. The molecule has 0 radical (unpaired) electrons. The highest BCUT2D eigenvalue weighted by Crippen LogP contribution is 2.22. The van der Waals surface area contributed by atoms with Crippen molar-refractivity contribution in [1.29, 1.82) is 0 Å². The number of carbonyl (C=O) groups is 1. The van der Waals surface area contributed by atoms with Gasteiger partial charge in [-0.1, -0.05) is 0 Å². The third-order valence-corrected chi connectivity index (χ3v) is 1.48. The van der Waals surface area contributed by atoms with Crippen LogP contribution in [0.15, 0.2) is 0 Å². The predicted molar refractivity (Wildman–Crippen MR) is 41.5 cm³/mol. The predicted octanol–water partition coefficient (Wildman–Crippen LogP) is 0.454. The molecule has 0 aliphatic heterocycles. The minimum Gasteiger partial charge on any atom is -0.467 e. The summed E-state index contributed by atoms with van der Waals surface area (Å²) >= 11 is 0. The summed E-state index contributed by atoms with van der Waals surface area (Å²) in [6, 6.07) is -2.37. The lowest BCUT2D eigenvalue weighted by atomic mass is 10.1. The summed E-state index contributed by atoms with van der Waals surface area (Å²) in [6.07, 6.45) is -6.49. The molecule has 0 aliphatic rings. The van der Waals surface area contributed by atoms with Crippen molar-refractivity contribution in [2.45, 2.75) is 25.2 Å². The van der Waals surface area contributed by atoms with E-state index in [1.54, 1.807) is 0 Å². The molecule has 14 heavy (non-hydrogen) atoms. The summed E-state index contributed by atoms with van der Waals surface area (Å²) in [4.78, 5) is 10.9. The molecule has 0 aromatic carbocycles. The van der Waals surface area contributed by atoms with Crippen molar-refractivity contribution in [3.05, 3.63) is 0 Å². The fourth-order valence-corrected chi connectivity index (χ4v) is 0.786. The van der Waals surface area contributed by atoms with E-state index in [0.717, 1.165) is 7.11 Å². The molecule has 0 amide bonds. The van der Waals surface area contributed by atoms with Crippen LogP contribution in [0.25, 0.3) is 0 Å². The number of halogens is 3. The van der Waals surface area contributed by atoms with E-state index in [0.29, 0.717) is 0 Å². The minimum atomic E-state index is -4.69. The van der Waals surface area contributed by atoms with Crippen molar-refractivity contribution < 1.29 is 27.4 Å². The Morgan fingerprint density at radius 2 is 2.00 bits per heavy atom. The van der Waals surface area contributed by atoms with E-state index in [9.17, 15) is 18.0 Å². The van der Waals surface area contributed by atoms with Gasteiger partial charge in [0.1, 0.15) is 6.04 Å². The molecule has 0 aliphatic carbocycles. The topological polar surface area (TPSA) is 61.5 Å². The summed E-state index contributed by atoms with van der Waals surface area (Å²) in [5.41, 5.74) is 4.81. The number of nitrogens with two attached hydrogens (primary N) is 1. The van der Waals surface area contributed by atoms with Crippen LogP contribution in [-0.2, 0) is 14.3 Å². The van der Waals surface area contributed by atoms with Crippen molar-refractivity contribution in [3.8, 4) is 0 Å². The minimum absolute atomic E-state index is 0.0520. The maximum absolute atomic E-state index is 12.1. The number of hydrogen-bond acceptors (Lipinski definition) is 4. The average Bonchev–Trinajstić information content (AvgIpc) is 2.10. The van der Waals surface area contributed by atoms with E-state index in [2.05, 4.69) is 9.47 Å². The molecule has 0 fully saturated rings. The van der Waals surface area contributed by atoms with E-state index in [1.165, 1.54) is 6.92 Å². The fraction of sp³-hybridized carbons (Fsp3) is 0.857. The first kappa shape index (κ1) is 13.2. The smallest absolute Gasteiger partial charge is 0.406 e. The van der Waals surface area contributed by atoms with Gasteiger partial charge in [0.2, 0.25) is 0 Å². The zero-order valence-corrected chi connectivity index (χ0v) is 7.80. The Labute approximate surface area is 79.2 Å². The van der Waals surface area contributed by atoms with Crippen LogP contribution in [0.5, 0.6) is 0 Å². The highest BCUT2D eigenvalue weighted by atomic mass is 19.4. The standard InChI is InChI=1S/C7H12F3NO3/c1-3-14-4(6(12)13-2)5(11)7(8,9)10/h4-5H,3,11H2,1-2H3/t4-,5-/m1/s1. The zero-order valence-electron chi connectivity index (χ0n) is 7.80. The van der Waals surface area contributed by atoms with E-state index in [4.69, 9.17) is 5.73 Å². The van der Waals surface area contributed by atoms with Crippen LogP contribution in [0, 0.1) is 0 Å². The van der Waals surface area contributed by atoms with Crippen LogP contribution in [0.1, 0.15) is 6.92 Å². The molecule has 0 heterocycles. The van der Waals surface area contributed by atoms with E-state index in [1.807, 2.05) is 0 Å². The lowest BCUT2D eigenvalue weighted by Gasteiger charge is -2.23. The molecule has 0 aromatic heterocycles. The second kappa shape index (κ2) is 5.16. The molecule has 4 nitrogen and oxygen atoms in total. The van der Waals surface area contributed by atoms with Gasteiger partial charge in [0.15, 0.2) is 6.10 Å². The molecule has 0 unspecified atom stereocenters. The molecule has 0 spiro atoms. The summed E-state index contributed by atoms with van der Waals surface area (Å²) in [5, 5.41) is 0. The number of ether oxygens (including phenoxy) is 2. The third kappa shape index (κ3) is 3.51. The van der Waals surface area contributed by atoms with Crippen LogP contribution in [0.2, 0.25) is 0 Å². The Balaban J connectivity index is 4.56. The maximum atomic E-state index is 12.1. The summed E-state index contributed by atoms with van der Waals surface area (Å²) in [5.74, 6) is -1.13. The van der Waals surface area contributed by atoms with Crippen molar-refractivity contribution in [2.24, 2.45) is 5.73 Å². The molecular formula is C7H12F3NO3. The lowest BCUT2D eigenvalue weighted by Crippen LogP contribution is -2.52. The van der Waals surface area contributed by atoms with E-state index >= 15 is 0 Å². The quantitative estimate of drug-likeness (QED) is 0.692. The maximum Gasteiger partial charge on any atom is 0.406 e. The van der Waals surface area contributed by atoms with Crippen LogP contribution in [0.3, 0.4) is 0 Å². The van der Waals surface area contributed by atoms with Gasteiger partial charge in [-0.15, -0.1) is 0 Å². The summed E-state index contributed by atoms with van der Waals surface area (Å²) in [7, 11) is 0.970. The van der Waals surface area contributed by atoms with Gasteiger partial charge in [-0.3, -0.25) is 0 Å². The number of methoxy groups -OCH3 is 1. The normalized spacial score (nSPS) is 16.1. The molecule has 0 saturated heterocycles. The van der Waals surface area contributed by atoms with Crippen LogP contribution >= 0.6 is 0 Å². The Hall–Kier alpha value is -0.820. The van der Waals surface area contributed by atoms with E-state index in [-0.39, 0.29) is 6.61 Å². The summed E-state index contributed by atoms with van der Waals surface area (Å²) in [6.45, 7) is 1.41. The van der Waals surface area contributed by atoms with Crippen molar-refractivity contribution in [2.75, 3.05) is 13.7 Å². The second-order valence-electron chi connectivity index (χ2n) is 2.47. The Kier molecular flexibility index (Phi) is 4.86. The SMILES string of the molecule is CCO[C@@H](C(=O)OC)[C@@H](N)C(F)(F)F. The lowest BCUT2D eigenvalue weighted by molar-refractivity contribution is -0.190. The highest BCUT2D eigenvalue weighted by molar-refractivity contribution is 5.75. The molecule has 2 N–H and O–H groups in total. The van der Waals surface area contributed by atoms with Gasteiger partial charge in [-0.05, 0) is 6.92 Å². The fourth-order valence-electron chi connectivity index (χ4n) is 0.786. The van der Waals surface area contributed by atoms with Gasteiger partial charge in [-0.25, -0.2) is 4.79 Å². The van der Waals surface area contributed by atoms with Gasteiger partial charge in [0, 0.05) is 6.61 Å². The molecule has 84 valence electrons. The third-order valence-electron chi connectivity index (χ3n) is 1.48. The van der Waals surface area contributed by atoms with Gasteiger partial charge in [0.25, 0.3) is 0 Å². The van der Waals surface area contributed by atoms with Gasteiger partial charge in [0.05, 0.1) is 7.11 Å². The molecule has 0 rings (SSSR count). The zero-order chi connectivity index (χ0) is 11.4. The highest BCUT2D eigenvalue weighted by Gasteiger charge is 2.46. The Morgan fingerprint density at radius 3 is 2.29 bits per heavy atom. The monoisotopic (exact) mass is 215 g/mol. The molecule has 0 aromatic rings. The first-order valence-corrected chi connectivity index (χ1v) is 3.86. The van der Waals surface area contributed by atoms with Crippen LogP contribution in [-0.4, -0.2) is 38.0 Å². The first-order chi connectivity index (χ1) is 6.34. The van der Waals surface area contributed by atoms with Crippen LogP contribution < -0.4 is 5.73 Å². The first-order valence-electron chi connectivity index (χ1n) is 3.86. The summed E-state index contributed by atoms with van der Waals surface area (Å²) < 4.78 is 45.0. The number of rotatable bonds is 4.